The van der Waals surface area contributed by atoms with E-state index in [4.69, 9.17) is 11.5 Å². The summed E-state index contributed by atoms with van der Waals surface area (Å²) >= 11 is 0. The molecule has 0 aromatic carbocycles. The number of aliphatic hydroxyl groups excluding tert-OH is 2. The quantitative estimate of drug-likeness (QED) is 0.0673. The van der Waals surface area contributed by atoms with Gasteiger partial charge in [-0.15, -0.1) is 0 Å². The van der Waals surface area contributed by atoms with E-state index in [-0.39, 0.29) is 0 Å². The second kappa shape index (κ2) is 30.2. The van der Waals surface area contributed by atoms with Crippen LogP contribution in [-0.4, -0.2) is 61.7 Å². The molecule has 0 aliphatic rings. The molecule has 2 atom stereocenters. The summed E-state index contributed by atoms with van der Waals surface area (Å²) in [4.78, 5) is 0. The highest BCUT2D eigenvalue weighted by atomic mass is 16.3. The number of aliphatic hydroxyl groups is 2. The van der Waals surface area contributed by atoms with Crippen LogP contribution >= 0.6 is 0 Å². The van der Waals surface area contributed by atoms with E-state index in [1.54, 1.807) is 0 Å². The van der Waals surface area contributed by atoms with Crippen molar-refractivity contribution in [3.05, 3.63) is 36.5 Å². The number of rotatable bonds is 28. The number of nitrogens with two attached hydrogens (primary N) is 2. The maximum absolute atomic E-state index is 9.35. The van der Waals surface area contributed by atoms with E-state index in [1.807, 2.05) is 0 Å². The Kier molecular flexibility index (Phi) is 29.3. The predicted octanol–water partition coefficient (Wildman–Crippen LogP) is 4.72. The third-order valence-corrected chi connectivity index (χ3v) is 6.26. The van der Waals surface area contributed by atoms with Crippen molar-refractivity contribution in [2.45, 2.75) is 115 Å². The molecule has 0 saturated heterocycles. The molecular formula is C30H60N4O2. The van der Waals surface area contributed by atoms with Crippen LogP contribution < -0.4 is 22.1 Å². The van der Waals surface area contributed by atoms with Gasteiger partial charge in [0.25, 0.3) is 0 Å². The fourth-order valence-electron chi connectivity index (χ4n) is 3.89. The molecule has 0 rings (SSSR count). The Hall–Kier alpha value is -1.02. The van der Waals surface area contributed by atoms with Crippen molar-refractivity contribution in [1.29, 1.82) is 0 Å². The van der Waals surface area contributed by atoms with Crippen LogP contribution in [0.25, 0.3) is 0 Å². The average molecular weight is 509 g/mol. The first-order valence-electron chi connectivity index (χ1n) is 14.8. The highest BCUT2D eigenvalue weighted by Gasteiger charge is 1.98. The summed E-state index contributed by atoms with van der Waals surface area (Å²) in [6.45, 7) is 3.63. The van der Waals surface area contributed by atoms with Crippen molar-refractivity contribution < 1.29 is 10.2 Å². The third kappa shape index (κ3) is 29.2. The van der Waals surface area contributed by atoms with Gasteiger partial charge in [0.1, 0.15) is 0 Å². The predicted molar refractivity (Wildman–Crippen MR) is 157 cm³/mol. The lowest BCUT2D eigenvalue weighted by molar-refractivity contribution is 0.180. The highest BCUT2D eigenvalue weighted by Crippen LogP contribution is 2.10. The Labute approximate surface area is 223 Å². The molecule has 0 fully saturated rings. The van der Waals surface area contributed by atoms with Gasteiger partial charge < -0.3 is 32.3 Å². The molecule has 8 N–H and O–H groups in total. The van der Waals surface area contributed by atoms with E-state index in [1.165, 1.54) is 89.9 Å². The average Bonchev–Trinajstić information content (AvgIpc) is 2.89. The van der Waals surface area contributed by atoms with Crippen molar-refractivity contribution in [3.63, 3.8) is 0 Å². The molecule has 0 aromatic rings. The number of hydrogen-bond donors (Lipinski definition) is 6. The molecule has 0 aromatic heterocycles. The van der Waals surface area contributed by atoms with Gasteiger partial charge in [0, 0.05) is 26.2 Å². The summed E-state index contributed by atoms with van der Waals surface area (Å²) in [7, 11) is 0. The first-order chi connectivity index (χ1) is 17.7. The molecule has 212 valence electrons. The standard InChI is InChI=1S/C30H60N4O2/c31-25-29(35)27-33-23-21-19-17-15-13-11-9-7-5-3-1-2-4-6-8-10-12-14-16-18-20-22-24-34-28-30(36)26-32/h1-2,17-20,29-30,33-36H,3-16,21-28,31-32H2. The van der Waals surface area contributed by atoms with Crippen molar-refractivity contribution in [2.24, 2.45) is 11.5 Å². The second-order valence-electron chi connectivity index (χ2n) is 9.87. The Morgan fingerprint density at radius 1 is 0.444 bits per heavy atom. The van der Waals surface area contributed by atoms with E-state index in [9.17, 15) is 10.2 Å². The summed E-state index contributed by atoms with van der Waals surface area (Å²) in [5.41, 5.74) is 10.7. The smallest absolute Gasteiger partial charge is 0.0786 e. The van der Waals surface area contributed by atoms with E-state index in [0.29, 0.717) is 26.2 Å². The Morgan fingerprint density at radius 3 is 1.03 bits per heavy atom. The molecular weight excluding hydrogens is 448 g/mol. The van der Waals surface area contributed by atoms with Crippen molar-refractivity contribution in [3.8, 4) is 0 Å². The minimum Gasteiger partial charge on any atom is -0.390 e. The molecule has 0 radical (unpaired) electrons. The first-order valence-corrected chi connectivity index (χ1v) is 14.8. The zero-order valence-electron chi connectivity index (χ0n) is 23.2. The summed E-state index contributed by atoms with van der Waals surface area (Å²) in [5.74, 6) is 0. The van der Waals surface area contributed by atoms with Crippen molar-refractivity contribution in [2.75, 3.05) is 39.3 Å². The van der Waals surface area contributed by atoms with Gasteiger partial charge in [0.2, 0.25) is 0 Å². The number of allylic oxidation sites excluding steroid dienone is 4. The lowest BCUT2D eigenvalue weighted by Crippen LogP contribution is -2.32. The topological polar surface area (TPSA) is 117 Å². The highest BCUT2D eigenvalue weighted by molar-refractivity contribution is 4.84. The molecule has 2 unspecified atom stereocenters. The van der Waals surface area contributed by atoms with Crippen LogP contribution in [0.3, 0.4) is 0 Å². The Balaban J connectivity index is 3.22. The van der Waals surface area contributed by atoms with Crippen LogP contribution in [0.1, 0.15) is 103 Å². The normalized spacial score (nSPS) is 14.0. The van der Waals surface area contributed by atoms with E-state index < -0.39 is 12.2 Å². The summed E-state index contributed by atoms with van der Waals surface area (Å²) in [6, 6.07) is 0. The number of hydrogen-bond acceptors (Lipinski definition) is 6. The second-order valence-corrected chi connectivity index (χ2v) is 9.87. The summed E-state index contributed by atoms with van der Waals surface area (Å²) in [5, 5.41) is 25.1. The van der Waals surface area contributed by atoms with Crippen LogP contribution in [0.4, 0.5) is 0 Å². The molecule has 0 amide bonds. The summed E-state index contributed by atoms with van der Waals surface area (Å²) in [6.07, 6.45) is 33.2. The van der Waals surface area contributed by atoms with Crippen LogP contribution in [0.15, 0.2) is 36.5 Å². The van der Waals surface area contributed by atoms with Gasteiger partial charge in [-0.05, 0) is 77.3 Å². The minimum atomic E-state index is -0.423. The lowest BCUT2D eigenvalue weighted by Gasteiger charge is -2.07. The molecule has 6 heteroatoms. The van der Waals surface area contributed by atoms with E-state index >= 15 is 0 Å². The third-order valence-electron chi connectivity index (χ3n) is 6.26. The number of unbranched alkanes of at least 4 members (excludes halogenated alkanes) is 12. The van der Waals surface area contributed by atoms with Crippen LogP contribution in [0.2, 0.25) is 0 Å². The largest absolute Gasteiger partial charge is 0.390 e. The van der Waals surface area contributed by atoms with Gasteiger partial charge in [0.15, 0.2) is 0 Å². The summed E-state index contributed by atoms with van der Waals surface area (Å²) < 4.78 is 0. The van der Waals surface area contributed by atoms with E-state index in [0.717, 1.165) is 25.9 Å². The molecule has 0 aliphatic heterocycles. The molecule has 0 spiro atoms. The molecule has 36 heavy (non-hydrogen) atoms. The fourth-order valence-corrected chi connectivity index (χ4v) is 3.89. The molecule has 0 saturated carbocycles. The van der Waals surface area contributed by atoms with Gasteiger partial charge >= 0.3 is 0 Å². The lowest BCUT2D eigenvalue weighted by atomic mass is 10.1. The van der Waals surface area contributed by atoms with Gasteiger partial charge in [-0.1, -0.05) is 75.0 Å². The zero-order valence-corrected chi connectivity index (χ0v) is 23.2. The Morgan fingerprint density at radius 2 is 0.722 bits per heavy atom. The maximum atomic E-state index is 9.35. The number of nitrogens with one attached hydrogen (secondary N) is 2. The van der Waals surface area contributed by atoms with Crippen molar-refractivity contribution >= 4 is 0 Å². The maximum Gasteiger partial charge on any atom is 0.0786 e. The van der Waals surface area contributed by atoms with Gasteiger partial charge in [0.05, 0.1) is 12.2 Å². The van der Waals surface area contributed by atoms with Crippen molar-refractivity contribution in [1.82, 2.24) is 10.6 Å². The SMILES string of the molecule is NCC(O)CNCCC=CCCCCCCCC=CCCCCCCCC=CCCNCC(O)CN. The van der Waals surface area contributed by atoms with Crippen LogP contribution in [0.5, 0.6) is 0 Å². The Bertz CT molecular complexity index is 467. The van der Waals surface area contributed by atoms with E-state index in [2.05, 4.69) is 47.1 Å². The molecule has 0 heterocycles. The molecule has 6 nitrogen and oxygen atoms in total. The minimum absolute atomic E-state index is 0.323. The van der Waals surface area contributed by atoms with Crippen LogP contribution in [-0.2, 0) is 0 Å². The zero-order chi connectivity index (χ0) is 26.4. The van der Waals surface area contributed by atoms with Gasteiger partial charge in [-0.2, -0.15) is 0 Å². The first kappa shape index (κ1) is 35.0. The molecule has 0 aliphatic carbocycles. The monoisotopic (exact) mass is 508 g/mol. The van der Waals surface area contributed by atoms with Gasteiger partial charge in [-0.3, -0.25) is 0 Å². The van der Waals surface area contributed by atoms with Crippen LogP contribution in [0, 0.1) is 0 Å². The fraction of sp³-hybridized carbons (Fsp3) is 0.800. The molecule has 0 bridgehead atoms. The van der Waals surface area contributed by atoms with Gasteiger partial charge in [-0.25, -0.2) is 0 Å².